The zero-order valence-corrected chi connectivity index (χ0v) is 15.3. The molecular formula is C21H19ClFNO3. The van der Waals surface area contributed by atoms with Crippen LogP contribution in [0.3, 0.4) is 0 Å². The van der Waals surface area contributed by atoms with Gasteiger partial charge in [0.25, 0.3) is 0 Å². The van der Waals surface area contributed by atoms with Crippen molar-refractivity contribution in [2.75, 3.05) is 0 Å². The highest BCUT2D eigenvalue weighted by molar-refractivity contribution is 6.30. The summed E-state index contributed by atoms with van der Waals surface area (Å²) in [5.74, 6) is -1.96. The van der Waals surface area contributed by atoms with Gasteiger partial charge in [-0.05, 0) is 48.6 Å². The van der Waals surface area contributed by atoms with Crippen LogP contribution >= 0.6 is 11.6 Å². The van der Waals surface area contributed by atoms with Crippen molar-refractivity contribution in [3.63, 3.8) is 0 Å². The van der Waals surface area contributed by atoms with Crippen molar-refractivity contribution < 1.29 is 19.1 Å². The van der Waals surface area contributed by atoms with Crippen molar-refractivity contribution in [2.45, 2.75) is 25.3 Å². The van der Waals surface area contributed by atoms with Crippen LogP contribution < -0.4 is 5.32 Å². The van der Waals surface area contributed by atoms with Crippen molar-refractivity contribution in [1.82, 2.24) is 5.32 Å². The number of carbonyl (C=O) groups is 2. The molecule has 27 heavy (non-hydrogen) atoms. The van der Waals surface area contributed by atoms with Gasteiger partial charge in [0.2, 0.25) is 5.91 Å². The van der Waals surface area contributed by atoms with Gasteiger partial charge in [-0.1, -0.05) is 41.9 Å². The number of carboxylic acid groups (broad SMARTS) is 1. The van der Waals surface area contributed by atoms with Crippen LogP contribution in [0.5, 0.6) is 0 Å². The standard InChI is InChI=1S/C21H19ClFNO3/c1-2-9-21(20(26)27)12-16(24-19(21)25)10-13-3-5-14(6-4-13)17-11-15(22)7-8-18(17)23/h2-8,11,16H,1,9-10,12H2,(H,24,25)(H,26,27). The highest BCUT2D eigenvalue weighted by Gasteiger charge is 2.51. The monoisotopic (exact) mass is 387 g/mol. The lowest BCUT2D eigenvalue weighted by Crippen LogP contribution is -2.38. The summed E-state index contributed by atoms with van der Waals surface area (Å²) in [4.78, 5) is 23.9. The molecule has 1 aliphatic rings. The average Bonchev–Trinajstić information content (AvgIpc) is 2.94. The van der Waals surface area contributed by atoms with E-state index in [1.807, 2.05) is 12.1 Å². The Kier molecular flexibility index (Phi) is 5.33. The van der Waals surface area contributed by atoms with Gasteiger partial charge in [-0.2, -0.15) is 0 Å². The molecule has 0 aromatic heterocycles. The lowest BCUT2D eigenvalue weighted by atomic mass is 9.80. The first-order valence-corrected chi connectivity index (χ1v) is 8.93. The number of benzene rings is 2. The molecule has 2 aromatic carbocycles. The summed E-state index contributed by atoms with van der Waals surface area (Å²) < 4.78 is 14.0. The maximum atomic E-state index is 14.0. The average molecular weight is 388 g/mol. The number of hydrogen-bond acceptors (Lipinski definition) is 2. The lowest BCUT2D eigenvalue weighted by Gasteiger charge is -2.18. The molecule has 2 atom stereocenters. The molecule has 1 heterocycles. The number of amides is 1. The summed E-state index contributed by atoms with van der Waals surface area (Å²) in [6.07, 6.45) is 2.26. The highest BCUT2D eigenvalue weighted by atomic mass is 35.5. The largest absolute Gasteiger partial charge is 0.480 e. The molecule has 2 aromatic rings. The van der Waals surface area contributed by atoms with Crippen LogP contribution in [0.25, 0.3) is 11.1 Å². The third kappa shape index (κ3) is 3.74. The summed E-state index contributed by atoms with van der Waals surface area (Å²) in [6.45, 7) is 3.56. The number of halogens is 2. The van der Waals surface area contributed by atoms with Crippen molar-refractivity contribution in [1.29, 1.82) is 0 Å². The minimum Gasteiger partial charge on any atom is -0.480 e. The summed E-state index contributed by atoms with van der Waals surface area (Å²) in [7, 11) is 0. The van der Waals surface area contributed by atoms with Gasteiger partial charge in [0.05, 0.1) is 0 Å². The minimum atomic E-state index is -1.45. The Hall–Kier alpha value is -2.66. The van der Waals surface area contributed by atoms with Gasteiger partial charge in [0, 0.05) is 16.6 Å². The molecule has 0 aliphatic carbocycles. The second-order valence-corrected chi connectivity index (χ2v) is 7.22. The highest BCUT2D eigenvalue weighted by Crippen LogP contribution is 2.36. The fourth-order valence-corrected chi connectivity index (χ4v) is 3.70. The van der Waals surface area contributed by atoms with Gasteiger partial charge in [0.15, 0.2) is 5.41 Å². The molecular weight excluding hydrogens is 369 g/mol. The third-order valence-electron chi connectivity index (χ3n) is 4.94. The van der Waals surface area contributed by atoms with Crippen LogP contribution in [0.4, 0.5) is 4.39 Å². The Morgan fingerprint density at radius 2 is 2.04 bits per heavy atom. The van der Waals surface area contributed by atoms with Crippen LogP contribution in [0.2, 0.25) is 5.02 Å². The molecule has 1 amide bonds. The summed E-state index contributed by atoms with van der Waals surface area (Å²) in [5, 5.41) is 12.7. The molecule has 0 radical (unpaired) electrons. The van der Waals surface area contributed by atoms with Crippen LogP contribution in [0, 0.1) is 11.2 Å². The minimum absolute atomic E-state index is 0.0949. The SMILES string of the molecule is C=CCC1(C(=O)O)CC(Cc2ccc(-c3cc(Cl)ccc3F)cc2)NC1=O. The number of carboxylic acids is 1. The first kappa shape index (κ1) is 19.1. The van der Waals surface area contributed by atoms with Crippen molar-refractivity contribution in [3.8, 4) is 11.1 Å². The van der Waals surface area contributed by atoms with Crippen LogP contribution in [0.1, 0.15) is 18.4 Å². The van der Waals surface area contributed by atoms with E-state index in [-0.39, 0.29) is 24.7 Å². The van der Waals surface area contributed by atoms with Gasteiger partial charge < -0.3 is 10.4 Å². The maximum absolute atomic E-state index is 14.0. The molecule has 2 N–H and O–H groups in total. The van der Waals surface area contributed by atoms with Crippen LogP contribution in [0.15, 0.2) is 55.1 Å². The van der Waals surface area contributed by atoms with Crippen molar-refractivity contribution in [2.24, 2.45) is 5.41 Å². The molecule has 0 bridgehead atoms. The van der Waals surface area contributed by atoms with Gasteiger partial charge in [0.1, 0.15) is 5.82 Å². The summed E-state index contributed by atoms with van der Waals surface area (Å²) in [5.41, 5.74) is 0.585. The van der Waals surface area contributed by atoms with Crippen LogP contribution in [-0.4, -0.2) is 23.0 Å². The Morgan fingerprint density at radius 1 is 1.33 bits per heavy atom. The molecule has 1 saturated heterocycles. The Labute approximate surface area is 161 Å². The van der Waals surface area contributed by atoms with E-state index in [1.54, 1.807) is 18.2 Å². The zero-order chi connectivity index (χ0) is 19.6. The molecule has 140 valence electrons. The molecule has 0 saturated carbocycles. The quantitative estimate of drug-likeness (QED) is 0.576. The summed E-state index contributed by atoms with van der Waals surface area (Å²) in [6, 6.07) is 11.4. The molecule has 4 nitrogen and oxygen atoms in total. The van der Waals surface area contributed by atoms with Gasteiger partial charge in [-0.15, -0.1) is 6.58 Å². The smallest absolute Gasteiger partial charge is 0.319 e. The van der Waals surface area contributed by atoms with Gasteiger partial charge in [-0.25, -0.2) is 4.39 Å². The topological polar surface area (TPSA) is 66.4 Å². The molecule has 3 rings (SSSR count). The number of hydrogen-bond donors (Lipinski definition) is 2. The Balaban J connectivity index is 1.76. The van der Waals surface area contributed by atoms with E-state index in [2.05, 4.69) is 11.9 Å². The molecule has 1 fully saturated rings. The van der Waals surface area contributed by atoms with Crippen molar-refractivity contribution >= 4 is 23.5 Å². The number of nitrogens with one attached hydrogen (secondary N) is 1. The first-order valence-electron chi connectivity index (χ1n) is 8.55. The van der Waals surface area contributed by atoms with E-state index < -0.39 is 17.3 Å². The lowest BCUT2D eigenvalue weighted by molar-refractivity contribution is -0.153. The number of carbonyl (C=O) groups excluding carboxylic acids is 1. The second-order valence-electron chi connectivity index (χ2n) is 6.78. The molecule has 2 unspecified atom stereocenters. The molecule has 1 aliphatic heterocycles. The van der Waals surface area contributed by atoms with E-state index in [0.717, 1.165) is 5.56 Å². The Morgan fingerprint density at radius 3 is 2.67 bits per heavy atom. The van der Waals surface area contributed by atoms with E-state index in [1.165, 1.54) is 18.2 Å². The van der Waals surface area contributed by atoms with E-state index in [9.17, 15) is 19.1 Å². The van der Waals surface area contributed by atoms with Crippen molar-refractivity contribution in [3.05, 3.63) is 71.5 Å². The Bertz CT molecular complexity index is 897. The van der Waals surface area contributed by atoms with Gasteiger partial charge in [-0.3, -0.25) is 9.59 Å². The maximum Gasteiger partial charge on any atom is 0.319 e. The third-order valence-corrected chi connectivity index (χ3v) is 5.18. The van der Waals surface area contributed by atoms with Crippen LogP contribution in [-0.2, 0) is 16.0 Å². The van der Waals surface area contributed by atoms with E-state index in [0.29, 0.717) is 22.6 Å². The first-order chi connectivity index (χ1) is 12.9. The van der Waals surface area contributed by atoms with Gasteiger partial charge >= 0.3 is 5.97 Å². The van der Waals surface area contributed by atoms with E-state index in [4.69, 9.17) is 11.6 Å². The number of allylic oxidation sites excluding steroid dienone is 1. The zero-order valence-electron chi connectivity index (χ0n) is 14.5. The fourth-order valence-electron chi connectivity index (χ4n) is 3.53. The number of rotatable bonds is 6. The molecule has 0 spiro atoms. The van der Waals surface area contributed by atoms with E-state index >= 15 is 0 Å². The predicted octanol–water partition coefficient (Wildman–Crippen LogP) is 4.22. The number of aliphatic carboxylic acids is 1. The molecule has 6 heteroatoms. The predicted molar refractivity (Wildman–Crippen MR) is 102 cm³/mol. The summed E-state index contributed by atoms with van der Waals surface area (Å²) >= 11 is 5.94. The second kappa shape index (κ2) is 7.53. The fraction of sp³-hybridized carbons (Fsp3) is 0.238. The normalized spacial score (nSPS) is 21.7.